The van der Waals surface area contributed by atoms with Crippen LogP contribution in [0.1, 0.15) is 0 Å². The predicted octanol–water partition coefficient (Wildman–Crippen LogP) is 3.11. The second kappa shape index (κ2) is 6.67. The van der Waals surface area contributed by atoms with Gasteiger partial charge >= 0.3 is 0 Å². The Balaban J connectivity index is 2.45. The van der Waals surface area contributed by atoms with Crippen molar-refractivity contribution in [2.45, 2.75) is 0 Å². The molecule has 2 aromatic rings. The van der Waals surface area contributed by atoms with Crippen LogP contribution in [0.25, 0.3) is 11.3 Å². The van der Waals surface area contributed by atoms with Gasteiger partial charge < -0.3 is 14.8 Å². The third kappa shape index (κ3) is 3.26. The summed E-state index contributed by atoms with van der Waals surface area (Å²) >= 11 is 10.1. The summed E-state index contributed by atoms with van der Waals surface area (Å²) in [7, 11) is 3.18. The van der Waals surface area contributed by atoms with Crippen molar-refractivity contribution in [2.75, 3.05) is 25.4 Å². The molecule has 0 bridgehead atoms. The maximum Gasteiger partial charge on any atom is 0.225 e. The molecule has 7 heteroatoms. The van der Waals surface area contributed by atoms with Crippen LogP contribution in [0.4, 0.5) is 5.95 Å². The molecule has 0 atom stereocenters. The molecule has 0 fully saturated rings. The van der Waals surface area contributed by atoms with Gasteiger partial charge in [-0.3, -0.25) is 0 Å². The van der Waals surface area contributed by atoms with Crippen LogP contribution >= 0.6 is 24.2 Å². The number of hydrogen-bond donors (Lipinski definition) is 2. The molecular formula is C13H14ClN3O2S. The summed E-state index contributed by atoms with van der Waals surface area (Å²) in [6, 6.07) is 7.22. The van der Waals surface area contributed by atoms with Crippen molar-refractivity contribution in [3.63, 3.8) is 0 Å². The average Bonchev–Trinajstić information content (AvgIpc) is 2.46. The number of rotatable bonds is 5. The van der Waals surface area contributed by atoms with Gasteiger partial charge in [0.05, 0.1) is 25.8 Å². The monoisotopic (exact) mass is 311 g/mol. The van der Waals surface area contributed by atoms with Crippen LogP contribution in [-0.4, -0.2) is 30.1 Å². The van der Waals surface area contributed by atoms with Gasteiger partial charge in [0, 0.05) is 11.6 Å². The Hall–Kier alpha value is -1.66. The molecule has 106 valence electrons. The summed E-state index contributed by atoms with van der Waals surface area (Å²) in [6.45, 7) is 0. The van der Waals surface area contributed by atoms with Crippen LogP contribution in [0.5, 0.6) is 11.5 Å². The fourth-order valence-electron chi connectivity index (χ4n) is 1.71. The van der Waals surface area contributed by atoms with E-state index in [1.165, 1.54) is 0 Å². The highest BCUT2D eigenvalue weighted by Crippen LogP contribution is 2.32. The van der Waals surface area contributed by atoms with Crippen LogP contribution in [-0.2, 0) is 0 Å². The lowest BCUT2D eigenvalue weighted by Gasteiger charge is -2.10. The molecule has 1 aromatic heterocycles. The summed E-state index contributed by atoms with van der Waals surface area (Å²) in [4.78, 5) is 8.44. The van der Waals surface area contributed by atoms with Gasteiger partial charge in [0.25, 0.3) is 0 Å². The quantitative estimate of drug-likeness (QED) is 0.505. The zero-order chi connectivity index (χ0) is 14.5. The molecule has 0 amide bonds. The van der Waals surface area contributed by atoms with E-state index in [9.17, 15) is 0 Å². The maximum atomic E-state index is 6.00. The maximum absolute atomic E-state index is 6.00. The summed E-state index contributed by atoms with van der Waals surface area (Å²) in [5.41, 5.74) is 1.55. The van der Waals surface area contributed by atoms with Crippen molar-refractivity contribution in [1.29, 1.82) is 0 Å². The van der Waals surface area contributed by atoms with Crippen LogP contribution in [0.15, 0.2) is 24.3 Å². The normalized spacial score (nSPS) is 10.2. The lowest BCUT2D eigenvalue weighted by Crippen LogP contribution is -2.01. The zero-order valence-electron chi connectivity index (χ0n) is 11.1. The first-order valence-corrected chi connectivity index (χ1v) is 6.80. The van der Waals surface area contributed by atoms with Gasteiger partial charge in [-0.15, -0.1) is 0 Å². The SMILES string of the molecule is COc1ccc(-c2cc(Cl)nc(NCS)n2)cc1OC. The second-order valence-electron chi connectivity index (χ2n) is 3.80. The number of thiol groups is 1. The van der Waals surface area contributed by atoms with Crippen LogP contribution < -0.4 is 14.8 Å². The molecule has 0 aliphatic heterocycles. The molecule has 0 aliphatic carbocycles. The van der Waals surface area contributed by atoms with Crippen LogP contribution in [0, 0.1) is 0 Å². The molecule has 0 aliphatic rings. The number of benzene rings is 1. The molecule has 0 saturated heterocycles. The topological polar surface area (TPSA) is 56.3 Å². The van der Waals surface area contributed by atoms with Crippen molar-refractivity contribution in [1.82, 2.24) is 9.97 Å². The lowest BCUT2D eigenvalue weighted by atomic mass is 10.1. The summed E-state index contributed by atoms with van der Waals surface area (Å²) in [5.74, 6) is 2.14. The smallest absolute Gasteiger partial charge is 0.225 e. The molecule has 5 nitrogen and oxygen atoms in total. The molecule has 0 radical (unpaired) electrons. The summed E-state index contributed by atoms with van der Waals surface area (Å²) in [5, 5.41) is 3.27. The van der Waals surface area contributed by atoms with E-state index in [0.717, 1.165) is 5.56 Å². The molecule has 1 aromatic carbocycles. The number of methoxy groups -OCH3 is 2. The van der Waals surface area contributed by atoms with Gasteiger partial charge in [0.2, 0.25) is 5.95 Å². The minimum atomic E-state index is 0.356. The van der Waals surface area contributed by atoms with Crippen LogP contribution in [0.2, 0.25) is 5.15 Å². The van der Waals surface area contributed by atoms with E-state index in [-0.39, 0.29) is 0 Å². The Morgan fingerprint density at radius 2 is 1.90 bits per heavy atom. The van der Waals surface area contributed by atoms with E-state index in [4.69, 9.17) is 21.1 Å². The number of nitrogens with zero attached hydrogens (tertiary/aromatic N) is 2. The molecule has 0 spiro atoms. The zero-order valence-corrected chi connectivity index (χ0v) is 12.7. The molecule has 2 rings (SSSR count). The predicted molar refractivity (Wildman–Crippen MR) is 83.1 cm³/mol. The van der Waals surface area contributed by atoms with Gasteiger partial charge in [-0.05, 0) is 18.2 Å². The second-order valence-corrected chi connectivity index (χ2v) is 4.51. The van der Waals surface area contributed by atoms with Gasteiger partial charge in [0.15, 0.2) is 11.5 Å². The van der Waals surface area contributed by atoms with Gasteiger partial charge in [-0.25, -0.2) is 9.97 Å². The van der Waals surface area contributed by atoms with Gasteiger partial charge in [-0.1, -0.05) is 11.6 Å². The molecule has 1 heterocycles. The van der Waals surface area contributed by atoms with E-state index < -0.39 is 0 Å². The minimum absolute atomic E-state index is 0.356. The Morgan fingerprint density at radius 3 is 2.55 bits per heavy atom. The van der Waals surface area contributed by atoms with E-state index in [0.29, 0.717) is 34.2 Å². The number of anilines is 1. The fraction of sp³-hybridized carbons (Fsp3) is 0.231. The van der Waals surface area contributed by atoms with E-state index in [1.54, 1.807) is 20.3 Å². The van der Waals surface area contributed by atoms with Crippen molar-refractivity contribution in [3.05, 3.63) is 29.4 Å². The van der Waals surface area contributed by atoms with Crippen molar-refractivity contribution in [3.8, 4) is 22.8 Å². The largest absolute Gasteiger partial charge is 0.493 e. The first-order chi connectivity index (χ1) is 9.67. The standard InChI is InChI=1S/C13H14ClN3O2S/c1-18-10-4-3-8(5-11(10)19-2)9-6-12(14)17-13(16-9)15-7-20/h3-6,20H,7H2,1-2H3,(H,15,16,17). The molecule has 20 heavy (non-hydrogen) atoms. The number of halogens is 1. The van der Waals surface area contributed by atoms with Gasteiger partial charge in [0.1, 0.15) is 5.15 Å². The van der Waals surface area contributed by atoms with E-state index >= 15 is 0 Å². The first-order valence-electron chi connectivity index (χ1n) is 5.79. The average molecular weight is 312 g/mol. The number of nitrogens with one attached hydrogen (secondary N) is 1. The van der Waals surface area contributed by atoms with Crippen LogP contribution in [0.3, 0.4) is 0 Å². The first kappa shape index (κ1) is 14.7. The van der Waals surface area contributed by atoms with E-state index in [2.05, 4.69) is 27.9 Å². The highest BCUT2D eigenvalue weighted by molar-refractivity contribution is 7.80. The number of aromatic nitrogens is 2. The molecule has 0 saturated carbocycles. The Bertz CT molecular complexity index is 610. The van der Waals surface area contributed by atoms with Crippen molar-refractivity contribution >= 4 is 30.2 Å². The fourth-order valence-corrected chi connectivity index (χ4v) is 2.04. The third-order valence-electron chi connectivity index (χ3n) is 2.61. The number of ether oxygens (including phenoxy) is 2. The van der Waals surface area contributed by atoms with Gasteiger partial charge in [-0.2, -0.15) is 12.6 Å². The van der Waals surface area contributed by atoms with Crippen molar-refractivity contribution in [2.24, 2.45) is 0 Å². The Morgan fingerprint density at radius 1 is 1.15 bits per heavy atom. The van der Waals surface area contributed by atoms with Crippen molar-refractivity contribution < 1.29 is 9.47 Å². The molecular weight excluding hydrogens is 298 g/mol. The third-order valence-corrected chi connectivity index (χ3v) is 2.96. The number of hydrogen-bond acceptors (Lipinski definition) is 6. The molecule has 1 N–H and O–H groups in total. The Kier molecular flexibility index (Phi) is 4.92. The van der Waals surface area contributed by atoms with E-state index in [1.807, 2.05) is 18.2 Å². The summed E-state index contributed by atoms with van der Waals surface area (Å²) in [6.07, 6.45) is 0. The lowest BCUT2D eigenvalue weighted by molar-refractivity contribution is 0.355. The highest BCUT2D eigenvalue weighted by Gasteiger charge is 2.09. The minimum Gasteiger partial charge on any atom is -0.493 e. The summed E-state index contributed by atoms with van der Waals surface area (Å²) < 4.78 is 10.5. The molecule has 0 unspecified atom stereocenters. The highest BCUT2D eigenvalue weighted by atomic mass is 35.5. The Labute approximate surface area is 127 Å².